The van der Waals surface area contributed by atoms with Gasteiger partial charge >= 0.3 is 6.01 Å². The summed E-state index contributed by atoms with van der Waals surface area (Å²) in [5, 5.41) is 7.47. The van der Waals surface area contributed by atoms with E-state index < -0.39 is 0 Å². The van der Waals surface area contributed by atoms with Gasteiger partial charge in [0.1, 0.15) is 5.52 Å². The Kier molecular flexibility index (Phi) is 3.56. The monoisotopic (exact) mass is 496 g/mol. The van der Waals surface area contributed by atoms with E-state index in [1.54, 1.807) is 11.3 Å². The van der Waals surface area contributed by atoms with Crippen LogP contribution in [0.1, 0.15) is 0 Å². The maximum atomic E-state index is 6.64. The van der Waals surface area contributed by atoms with Crippen molar-refractivity contribution in [2.45, 2.75) is 0 Å². The van der Waals surface area contributed by atoms with Crippen LogP contribution >= 0.6 is 22.7 Å². The van der Waals surface area contributed by atoms with Crippen LogP contribution in [0.3, 0.4) is 0 Å². The second-order valence-corrected chi connectivity index (χ2v) is 11.3. The molecule has 168 valence electrons. The highest BCUT2D eigenvalue weighted by Gasteiger charge is 2.21. The molecule has 0 spiro atoms. The zero-order valence-electron chi connectivity index (χ0n) is 18.9. The molecule has 0 saturated carbocycles. The zero-order chi connectivity index (χ0) is 23.4. The van der Waals surface area contributed by atoms with Crippen molar-refractivity contribution in [1.29, 1.82) is 0 Å². The summed E-state index contributed by atoms with van der Waals surface area (Å²) in [6, 6.07) is 35.1. The van der Waals surface area contributed by atoms with Crippen LogP contribution in [-0.4, -0.2) is 9.55 Å². The molecule has 3 nitrogen and oxygen atoms in total. The van der Waals surface area contributed by atoms with Gasteiger partial charge in [-0.1, -0.05) is 60.7 Å². The van der Waals surface area contributed by atoms with Crippen molar-refractivity contribution >= 4 is 95.9 Å². The Morgan fingerprint density at radius 3 is 2.19 bits per heavy atom. The summed E-state index contributed by atoms with van der Waals surface area (Å²) >= 11 is 3.66. The zero-order valence-corrected chi connectivity index (χ0v) is 20.5. The summed E-state index contributed by atoms with van der Waals surface area (Å²) in [7, 11) is 0. The highest BCUT2D eigenvalue weighted by Crippen LogP contribution is 2.44. The molecule has 5 aromatic carbocycles. The van der Waals surface area contributed by atoms with Crippen LogP contribution in [0.25, 0.3) is 79.3 Å². The quantitative estimate of drug-likeness (QED) is 0.226. The standard InChI is InChI=1S/C31H16N2OS2/c1-4-10-22-19(8-1)27-23(15-13-18-17-7-2-5-11-24(17)36-30(18)27)33(22)31-32-21-14-16-26-28(29(21)34-31)20-9-3-6-12-25(20)35-26/h1-16H. The smallest absolute Gasteiger partial charge is 0.307 e. The molecule has 0 radical (unpaired) electrons. The summed E-state index contributed by atoms with van der Waals surface area (Å²) in [6.07, 6.45) is 0. The molecular formula is C31H16N2OS2. The highest BCUT2D eigenvalue weighted by molar-refractivity contribution is 7.27. The van der Waals surface area contributed by atoms with Crippen LogP contribution in [0.2, 0.25) is 0 Å². The average Bonchev–Trinajstić information content (AvgIpc) is 3.67. The molecule has 0 aliphatic heterocycles. The van der Waals surface area contributed by atoms with Crippen molar-refractivity contribution in [2.24, 2.45) is 0 Å². The Hall–Kier alpha value is -4.19. The number of hydrogen-bond donors (Lipinski definition) is 0. The van der Waals surface area contributed by atoms with Crippen LogP contribution < -0.4 is 0 Å². The van der Waals surface area contributed by atoms with Crippen molar-refractivity contribution in [1.82, 2.24) is 9.55 Å². The molecule has 0 aliphatic rings. The van der Waals surface area contributed by atoms with Gasteiger partial charge in [0.2, 0.25) is 0 Å². The van der Waals surface area contributed by atoms with Gasteiger partial charge in [-0.3, -0.25) is 4.57 Å². The van der Waals surface area contributed by atoms with Gasteiger partial charge in [0.25, 0.3) is 0 Å². The lowest BCUT2D eigenvalue weighted by Gasteiger charge is -2.01. The van der Waals surface area contributed by atoms with Crippen LogP contribution in [0.15, 0.2) is 101 Å². The summed E-state index contributed by atoms with van der Waals surface area (Å²) in [5.74, 6) is 0. The third kappa shape index (κ3) is 2.34. The normalized spacial score (nSPS) is 12.4. The predicted molar refractivity (Wildman–Crippen MR) is 154 cm³/mol. The molecule has 9 rings (SSSR count). The fourth-order valence-corrected chi connectivity index (χ4v) is 8.08. The molecule has 0 bridgehead atoms. The number of benzene rings is 5. The van der Waals surface area contributed by atoms with E-state index in [2.05, 4.69) is 102 Å². The Labute approximate surface area is 212 Å². The maximum Gasteiger partial charge on any atom is 0.307 e. The number of rotatable bonds is 1. The van der Waals surface area contributed by atoms with Crippen LogP contribution in [0.4, 0.5) is 0 Å². The molecule has 0 N–H and O–H groups in total. The van der Waals surface area contributed by atoms with E-state index >= 15 is 0 Å². The molecule has 5 heteroatoms. The van der Waals surface area contributed by atoms with E-state index in [0.717, 1.165) is 27.5 Å². The second-order valence-electron chi connectivity index (χ2n) is 9.17. The van der Waals surface area contributed by atoms with E-state index in [9.17, 15) is 0 Å². The minimum atomic E-state index is 0.611. The average molecular weight is 497 g/mol. The predicted octanol–water partition coefficient (Wildman–Crippen LogP) is 9.66. The summed E-state index contributed by atoms with van der Waals surface area (Å²) in [4.78, 5) is 5.02. The number of para-hydroxylation sites is 1. The lowest BCUT2D eigenvalue weighted by atomic mass is 10.1. The van der Waals surface area contributed by atoms with Gasteiger partial charge in [-0.05, 0) is 36.4 Å². The SMILES string of the molecule is c1ccc2c(c1)sc1c2ccc2c1c1ccccc1n2-c1nc2ccc3sc4ccccc4c3c2o1. The van der Waals surface area contributed by atoms with Gasteiger partial charge in [-0.15, -0.1) is 22.7 Å². The number of fused-ring (bicyclic) bond motifs is 12. The van der Waals surface area contributed by atoms with Crippen molar-refractivity contribution in [3.63, 3.8) is 0 Å². The van der Waals surface area contributed by atoms with Gasteiger partial charge in [-0.25, -0.2) is 0 Å². The molecule has 0 unspecified atom stereocenters. The second kappa shape index (κ2) is 6.72. The Balaban J connectivity index is 1.43. The molecule has 9 aromatic rings. The summed E-state index contributed by atoms with van der Waals surface area (Å²) in [5.41, 5.74) is 3.97. The number of hydrogen-bond acceptors (Lipinski definition) is 4. The molecule has 0 fully saturated rings. The van der Waals surface area contributed by atoms with Crippen LogP contribution in [0.5, 0.6) is 0 Å². The van der Waals surface area contributed by atoms with Gasteiger partial charge in [0, 0.05) is 51.1 Å². The highest BCUT2D eigenvalue weighted by atomic mass is 32.1. The van der Waals surface area contributed by atoms with Crippen LogP contribution in [0, 0.1) is 0 Å². The summed E-state index contributed by atoms with van der Waals surface area (Å²) in [6.45, 7) is 0. The number of oxazole rings is 1. The third-order valence-electron chi connectivity index (χ3n) is 7.26. The van der Waals surface area contributed by atoms with Gasteiger partial charge in [-0.2, -0.15) is 4.98 Å². The first-order valence-corrected chi connectivity index (χ1v) is 13.5. The maximum absolute atomic E-state index is 6.64. The van der Waals surface area contributed by atoms with E-state index in [0.29, 0.717) is 6.01 Å². The van der Waals surface area contributed by atoms with Crippen molar-refractivity contribution in [3.05, 3.63) is 97.1 Å². The topological polar surface area (TPSA) is 31.0 Å². The van der Waals surface area contributed by atoms with Crippen molar-refractivity contribution < 1.29 is 4.42 Å². The molecule has 4 heterocycles. The molecule has 36 heavy (non-hydrogen) atoms. The van der Waals surface area contributed by atoms with Gasteiger partial charge < -0.3 is 4.42 Å². The van der Waals surface area contributed by atoms with Crippen molar-refractivity contribution in [2.75, 3.05) is 0 Å². The third-order valence-corrected chi connectivity index (χ3v) is 9.60. The number of aromatic nitrogens is 2. The molecule has 0 atom stereocenters. The first kappa shape index (κ1) is 19.1. The minimum Gasteiger partial charge on any atom is -0.422 e. The van der Waals surface area contributed by atoms with E-state index in [-0.39, 0.29) is 0 Å². The molecule has 0 amide bonds. The fraction of sp³-hybridized carbons (Fsp3) is 0. The van der Waals surface area contributed by atoms with E-state index in [1.807, 2.05) is 11.3 Å². The Morgan fingerprint density at radius 2 is 1.31 bits per heavy atom. The first-order valence-electron chi connectivity index (χ1n) is 11.9. The van der Waals surface area contributed by atoms with Gasteiger partial charge in [0.15, 0.2) is 5.58 Å². The van der Waals surface area contributed by atoms with E-state index in [1.165, 1.54) is 45.7 Å². The molecular weight excluding hydrogens is 480 g/mol. The lowest BCUT2D eigenvalue weighted by Crippen LogP contribution is -1.93. The van der Waals surface area contributed by atoms with E-state index in [4.69, 9.17) is 9.40 Å². The molecule has 4 aromatic heterocycles. The lowest BCUT2D eigenvalue weighted by molar-refractivity contribution is 0.577. The Bertz CT molecular complexity index is 2330. The molecule has 0 saturated heterocycles. The van der Waals surface area contributed by atoms with Crippen LogP contribution in [-0.2, 0) is 0 Å². The molecule has 0 aliphatic carbocycles. The fourth-order valence-electron chi connectivity index (χ4n) is 5.72. The first-order chi connectivity index (χ1) is 17.8. The van der Waals surface area contributed by atoms with Gasteiger partial charge in [0.05, 0.1) is 11.0 Å². The number of thiophene rings is 2. The largest absolute Gasteiger partial charge is 0.422 e. The minimum absolute atomic E-state index is 0.611. The number of nitrogens with zero attached hydrogens (tertiary/aromatic N) is 2. The Morgan fingerprint density at radius 1 is 0.556 bits per heavy atom. The van der Waals surface area contributed by atoms with Crippen molar-refractivity contribution in [3.8, 4) is 6.01 Å². The summed E-state index contributed by atoms with van der Waals surface area (Å²) < 4.78 is 13.9.